The van der Waals surface area contributed by atoms with E-state index in [0.29, 0.717) is 28.1 Å². The first kappa shape index (κ1) is 24.7. The lowest BCUT2D eigenvalue weighted by atomic mass is 10.2. The van der Waals surface area contributed by atoms with Gasteiger partial charge in [0.05, 0.1) is 19.2 Å². The van der Waals surface area contributed by atoms with Crippen LogP contribution in [0.2, 0.25) is 5.15 Å². The predicted octanol–water partition coefficient (Wildman–Crippen LogP) is 6.22. The average molecular weight is 522 g/mol. The lowest BCUT2D eigenvalue weighted by Gasteiger charge is -2.13. The highest BCUT2D eigenvalue weighted by Gasteiger charge is 2.22. The molecule has 35 heavy (non-hydrogen) atoms. The maximum Gasteiger partial charge on any atom is 0.349 e. The van der Waals surface area contributed by atoms with Crippen LogP contribution in [-0.2, 0) is 6.54 Å². The zero-order valence-electron chi connectivity index (χ0n) is 19.1. The topological polar surface area (TPSA) is 85.6 Å². The number of carboxylic acids is 1. The van der Waals surface area contributed by atoms with Crippen LogP contribution in [0.5, 0.6) is 11.5 Å². The van der Waals surface area contributed by atoms with Crippen LogP contribution >= 0.6 is 22.9 Å². The molecule has 1 aromatic carbocycles. The Hall–Kier alpha value is -3.37. The monoisotopic (exact) mass is 521 g/mol. The van der Waals surface area contributed by atoms with E-state index in [4.69, 9.17) is 21.1 Å². The second-order valence-electron chi connectivity index (χ2n) is 7.57. The molecule has 0 aliphatic rings. The lowest BCUT2D eigenvalue weighted by Crippen LogP contribution is -2.14. The second-order valence-corrected chi connectivity index (χ2v) is 9.01. The van der Waals surface area contributed by atoms with Crippen LogP contribution in [0.4, 0.5) is 14.6 Å². The maximum atomic E-state index is 15.4. The molecule has 2 N–H and O–H groups in total. The third-order valence-corrected chi connectivity index (χ3v) is 6.74. The fourth-order valence-electron chi connectivity index (χ4n) is 3.91. The van der Waals surface area contributed by atoms with Crippen molar-refractivity contribution < 1.29 is 28.2 Å². The summed E-state index contributed by atoms with van der Waals surface area (Å²) in [4.78, 5) is 15.9. The molecule has 0 spiro atoms. The second kappa shape index (κ2) is 10.1. The first-order valence-corrected chi connectivity index (χ1v) is 11.9. The van der Waals surface area contributed by atoms with E-state index in [2.05, 4.69) is 10.3 Å². The molecule has 0 amide bonds. The number of nitrogens with zero attached hydrogens (tertiary/aromatic N) is 2. The predicted molar refractivity (Wildman–Crippen MR) is 132 cm³/mol. The van der Waals surface area contributed by atoms with Gasteiger partial charge in [-0.15, -0.1) is 11.3 Å². The molecule has 3 aromatic heterocycles. The summed E-state index contributed by atoms with van der Waals surface area (Å²) >= 11 is 7.03. The molecule has 0 saturated carbocycles. The van der Waals surface area contributed by atoms with Gasteiger partial charge in [-0.1, -0.05) is 11.6 Å². The van der Waals surface area contributed by atoms with Crippen LogP contribution in [0.15, 0.2) is 30.3 Å². The highest BCUT2D eigenvalue weighted by Crippen LogP contribution is 2.39. The number of ether oxygens (including phenoxy) is 2. The van der Waals surface area contributed by atoms with E-state index in [1.807, 2.05) is 13.0 Å². The number of pyridine rings is 1. The molecule has 0 fully saturated rings. The van der Waals surface area contributed by atoms with Crippen LogP contribution in [0, 0.1) is 18.6 Å². The number of aryl methyl sites for hydroxylation is 1. The summed E-state index contributed by atoms with van der Waals surface area (Å²) in [5, 5.41) is 13.0. The summed E-state index contributed by atoms with van der Waals surface area (Å²) in [5.74, 6) is -1.61. The van der Waals surface area contributed by atoms with Gasteiger partial charge in [0.15, 0.2) is 16.5 Å². The van der Waals surface area contributed by atoms with Crippen LogP contribution in [0.25, 0.3) is 21.3 Å². The molecule has 0 radical (unpaired) electrons. The molecule has 0 aliphatic heterocycles. The third-order valence-electron chi connectivity index (χ3n) is 5.41. The molecule has 0 unspecified atom stereocenters. The zero-order chi connectivity index (χ0) is 25.3. The van der Waals surface area contributed by atoms with Crippen molar-refractivity contribution in [3.05, 3.63) is 57.7 Å². The number of anilines is 1. The van der Waals surface area contributed by atoms with Gasteiger partial charge >= 0.3 is 5.97 Å². The number of halogens is 3. The van der Waals surface area contributed by atoms with Crippen molar-refractivity contribution in [2.24, 2.45) is 0 Å². The fourth-order valence-corrected chi connectivity index (χ4v) is 5.05. The molecular formula is C24H22ClF2N3O4S. The molecular weight excluding hydrogens is 500 g/mol. The smallest absolute Gasteiger partial charge is 0.349 e. The summed E-state index contributed by atoms with van der Waals surface area (Å²) in [6, 6.07) is 7.56. The average Bonchev–Trinajstić information content (AvgIpc) is 3.38. The number of carboxylic acid groups (broad SMARTS) is 1. The highest BCUT2D eigenvalue weighted by molar-refractivity contribution is 7.17. The van der Waals surface area contributed by atoms with Gasteiger partial charge in [0, 0.05) is 34.6 Å². The molecule has 4 rings (SSSR count). The number of nitrogens with one attached hydrogen (secondary N) is 1. The molecule has 3 heterocycles. The van der Waals surface area contributed by atoms with E-state index < -0.39 is 11.8 Å². The number of fused-ring (bicyclic) bond motifs is 1. The van der Waals surface area contributed by atoms with Crippen molar-refractivity contribution >= 4 is 45.6 Å². The molecule has 0 bridgehead atoms. The Balaban J connectivity index is 1.61. The SMILES string of the molecule is CCOc1cc(-c2cc(Cl)nc(NCCn3c(C)cc4c(OC)ccc(F)c43)c2F)sc1C(=O)O. The number of aromatic carboxylic acids is 1. The zero-order valence-corrected chi connectivity index (χ0v) is 20.7. The van der Waals surface area contributed by atoms with Gasteiger partial charge in [0.1, 0.15) is 22.5 Å². The molecule has 184 valence electrons. The van der Waals surface area contributed by atoms with E-state index in [9.17, 15) is 14.3 Å². The lowest BCUT2D eigenvalue weighted by molar-refractivity contribution is 0.0698. The summed E-state index contributed by atoms with van der Waals surface area (Å²) in [5.41, 5.74) is 1.31. The van der Waals surface area contributed by atoms with Gasteiger partial charge in [0.2, 0.25) is 0 Å². The standard InChI is InChI=1S/C24H22ClF2N3O4S/c1-4-34-17-11-18(35-22(17)24(31)32)14-10-19(25)29-23(20(14)27)28-7-8-30-12(2)9-13-16(33-3)6-5-15(26)21(13)30/h5-6,9-11H,4,7-8H2,1-3H3,(H,28,29)(H,31,32). The molecule has 0 aliphatic carbocycles. The molecule has 0 saturated heterocycles. The Labute approximate surface area is 208 Å². The van der Waals surface area contributed by atoms with Crippen molar-refractivity contribution in [3.63, 3.8) is 0 Å². The van der Waals surface area contributed by atoms with E-state index in [1.54, 1.807) is 17.6 Å². The van der Waals surface area contributed by atoms with Gasteiger partial charge in [-0.3, -0.25) is 0 Å². The van der Waals surface area contributed by atoms with Crippen molar-refractivity contribution in [2.75, 3.05) is 25.6 Å². The van der Waals surface area contributed by atoms with Gasteiger partial charge in [-0.05, 0) is 44.2 Å². The first-order chi connectivity index (χ1) is 16.7. The molecule has 0 atom stereocenters. The highest BCUT2D eigenvalue weighted by atomic mass is 35.5. The number of thiophene rings is 1. The van der Waals surface area contributed by atoms with Crippen LogP contribution < -0.4 is 14.8 Å². The number of hydrogen-bond acceptors (Lipinski definition) is 6. The molecule has 7 nitrogen and oxygen atoms in total. The first-order valence-electron chi connectivity index (χ1n) is 10.7. The Morgan fingerprint density at radius 1 is 1.26 bits per heavy atom. The summed E-state index contributed by atoms with van der Waals surface area (Å²) in [6.45, 7) is 4.39. The molecule has 11 heteroatoms. The van der Waals surface area contributed by atoms with Crippen molar-refractivity contribution in [1.82, 2.24) is 9.55 Å². The number of benzene rings is 1. The Kier molecular flexibility index (Phi) is 7.13. The van der Waals surface area contributed by atoms with Gasteiger partial charge < -0.3 is 24.5 Å². The number of aromatic nitrogens is 2. The van der Waals surface area contributed by atoms with Crippen LogP contribution in [0.3, 0.4) is 0 Å². The number of hydrogen-bond donors (Lipinski definition) is 2. The van der Waals surface area contributed by atoms with Crippen LogP contribution in [-0.4, -0.2) is 40.9 Å². The number of rotatable bonds is 9. The Bertz CT molecular complexity index is 1420. The third kappa shape index (κ3) is 4.76. The summed E-state index contributed by atoms with van der Waals surface area (Å²) in [7, 11) is 1.52. The maximum absolute atomic E-state index is 15.4. The van der Waals surface area contributed by atoms with Crippen molar-refractivity contribution in [2.45, 2.75) is 20.4 Å². The number of methoxy groups -OCH3 is 1. The van der Waals surface area contributed by atoms with Gasteiger partial charge in [-0.25, -0.2) is 18.6 Å². The molecule has 4 aromatic rings. The fraction of sp³-hybridized carbons (Fsp3) is 0.250. The van der Waals surface area contributed by atoms with Crippen molar-refractivity contribution in [1.29, 1.82) is 0 Å². The van der Waals surface area contributed by atoms with Crippen molar-refractivity contribution in [3.8, 4) is 21.9 Å². The number of carbonyl (C=O) groups is 1. The summed E-state index contributed by atoms with van der Waals surface area (Å²) < 4.78 is 42.5. The minimum atomic E-state index is -1.17. The quantitative estimate of drug-likeness (QED) is 0.254. The van der Waals surface area contributed by atoms with Gasteiger partial charge in [0.25, 0.3) is 0 Å². The van der Waals surface area contributed by atoms with Gasteiger partial charge in [-0.2, -0.15) is 0 Å². The summed E-state index contributed by atoms with van der Waals surface area (Å²) in [6.07, 6.45) is 0. The van der Waals surface area contributed by atoms with Crippen LogP contribution in [0.1, 0.15) is 22.3 Å². The minimum absolute atomic E-state index is 0.0314. The van der Waals surface area contributed by atoms with E-state index in [1.165, 1.54) is 25.3 Å². The van der Waals surface area contributed by atoms with E-state index >= 15 is 4.39 Å². The van der Waals surface area contributed by atoms with E-state index in [-0.39, 0.29) is 46.1 Å². The largest absolute Gasteiger partial charge is 0.496 e. The Morgan fingerprint density at radius 2 is 2.03 bits per heavy atom. The Morgan fingerprint density at radius 3 is 2.71 bits per heavy atom. The van der Waals surface area contributed by atoms with E-state index in [0.717, 1.165) is 17.0 Å². The normalized spacial score (nSPS) is 11.1. The minimum Gasteiger partial charge on any atom is -0.496 e.